The van der Waals surface area contributed by atoms with Gasteiger partial charge in [0.15, 0.2) is 0 Å². The number of pyridine rings is 1. The zero-order valence-corrected chi connectivity index (χ0v) is 15.4. The number of hydrogen-bond donors (Lipinski definition) is 1. The maximum atomic E-state index is 4.81. The summed E-state index contributed by atoms with van der Waals surface area (Å²) in [4.78, 5) is 16.0. The summed E-state index contributed by atoms with van der Waals surface area (Å²) in [7, 11) is 0. The van der Waals surface area contributed by atoms with Crippen molar-refractivity contribution in [3.8, 4) is 0 Å². The molecular formula is C20H29N5. The van der Waals surface area contributed by atoms with E-state index in [4.69, 9.17) is 4.98 Å². The Balaban J connectivity index is 1.64. The fourth-order valence-corrected chi connectivity index (χ4v) is 3.37. The normalized spacial score (nSPS) is 17.0. The van der Waals surface area contributed by atoms with Crippen LogP contribution in [-0.4, -0.2) is 28.0 Å². The molecule has 0 unspecified atom stereocenters. The molecule has 5 nitrogen and oxygen atoms in total. The van der Waals surface area contributed by atoms with Crippen LogP contribution >= 0.6 is 0 Å². The Morgan fingerprint density at radius 1 is 1.12 bits per heavy atom. The van der Waals surface area contributed by atoms with Gasteiger partial charge in [-0.3, -0.25) is 4.98 Å². The van der Waals surface area contributed by atoms with Crippen molar-refractivity contribution in [2.45, 2.75) is 58.5 Å². The Morgan fingerprint density at radius 2 is 1.88 bits per heavy atom. The van der Waals surface area contributed by atoms with Crippen molar-refractivity contribution in [3.05, 3.63) is 47.5 Å². The number of nitrogens with zero attached hydrogens (tertiary/aromatic N) is 4. The Hall–Kier alpha value is -2.01. The van der Waals surface area contributed by atoms with Gasteiger partial charge in [0.25, 0.3) is 0 Å². The van der Waals surface area contributed by atoms with E-state index in [1.165, 1.54) is 43.2 Å². The fraction of sp³-hybridized carbons (Fsp3) is 0.550. The van der Waals surface area contributed by atoms with E-state index in [0.717, 1.165) is 31.3 Å². The van der Waals surface area contributed by atoms with Crippen LogP contribution in [0.25, 0.3) is 0 Å². The monoisotopic (exact) mass is 339 g/mol. The molecule has 0 aromatic carbocycles. The van der Waals surface area contributed by atoms with Crippen molar-refractivity contribution >= 4 is 5.95 Å². The maximum Gasteiger partial charge on any atom is 0.225 e. The molecule has 1 saturated heterocycles. The topological polar surface area (TPSA) is 53.9 Å². The molecule has 0 saturated carbocycles. The van der Waals surface area contributed by atoms with Gasteiger partial charge < -0.3 is 10.2 Å². The van der Waals surface area contributed by atoms with E-state index in [1.54, 1.807) is 6.20 Å². The Morgan fingerprint density at radius 3 is 2.56 bits per heavy atom. The second-order valence-electron chi connectivity index (χ2n) is 6.93. The highest BCUT2D eigenvalue weighted by atomic mass is 15.2. The lowest BCUT2D eigenvalue weighted by atomic mass is 10.1. The Bertz CT molecular complexity index is 650. The summed E-state index contributed by atoms with van der Waals surface area (Å²) in [6, 6.07) is 4.26. The standard InChI is InChI=1S/C20H29N5/c1-16(22-14-18-9-8-10-21-13-18)19-15-23-20(24-17(19)2)25-11-6-4-3-5-7-12-25/h8-10,13,15-16,22H,3-7,11-12,14H2,1-2H3/t16-/m0/s1. The van der Waals surface area contributed by atoms with Crippen LogP contribution in [0, 0.1) is 6.92 Å². The van der Waals surface area contributed by atoms with E-state index in [9.17, 15) is 0 Å². The second-order valence-corrected chi connectivity index (χ2v) is 6.93. The molecule has 0 bridgehead atoms. The van der Waals surface area contributed by atoms with Crippen molar-refractivity contribution in [3.63, 3.8) is 0 Å². The molecule has 1 N–H and O–H groups in total. The Labute approximate surface area is 150 Å². The molecule has 1 aliphatic heterocycles. The van der Waals surface area contributed by atoms with E-state index >= 15 is 0 Å². The molecule has 3 heterocycles. The summed E-state index contributed by atoms with van der Waals surface area (Å²) in [5.41, 5.74) is 3.42. The van der Waals surface area contributed by atoms with Gasteiger partial charge in [0.2, 0.25) is 5.95 Å². The predicted octanol–water partition coefficient (Wildman–Crippen LogP) is 3.80. The van der Waals surface area contributed by atoms with E-state index in [2.05, 4.69) is 40.1 Å². The first-order valence-electron chi connectivity index (χ1n) is 9.45. The fourth-order valence-electron chi connectivity index (χ4n) is 3.37. The molecule has 1 fully saturated rings. The van der Waals surface area contributed by atoms with Gasteiger partial charge in [0, 0.05) is 55.5 Å². The minimum absolute atomic E-state index is 0.210. The van der Waals surface area contributed by atoms with Crippen molar-refractivity contribution in [1.82, 2.24) is 20.3 Å². The summed E-state index contributed by atoms with van der Waals surface area (Å²) < 4.78 is 0. The quantitative estimate of drug-likeness (QED) is 0.898. The molecule has 1 atom stereocenters. The molecule has 0 spiro atoms. The first-order chi connectivity index (χ1) is 12.2. The number of anilines is 1. The third-order valence-electron chi connectivity index (χ3n) is 4.95. The zero-order valence-electron chi connectivity index (χ0n) is 15.4. The lowest BCUT2D eigenvalue weighted by Gasteiger charge is -2.25. The third kappa shape index (κ3) is 4.98. The number of hydrogen-bond acceptors (Lipinski definition) is 5. The molecule has 3 rings (SSSR count). The molecule has 5 heteroatoms. The SMILES string of the molecule is Cc1nc(N2CCCCCCC2)ncc1[C@H](C)NCc1cccnc1. The van der Waals surface area contributed by atoms with Crippen LogP contribution in [0.1, 0.15) is 61.9 Å². The van der Waals surface area contributed by atoms with Gasteiger partial charge in [0.05, 0.1) is 0 Å². The first kappa shape index (κ1) is 17.8. The van der Waals surface area contributed by atoms with Gasteiger partial charge >= 0.3 is 0 Å². The highest BCUT2D eigenvalue weighted by Crippen LogP contribution is 2.20. The average molecular weight is 339 g/mol. The van der Waals surface area contributed by atoms with Gasteiger partial charge in [0.1, 0.15) is 0 Å². The third-order valence-corrected chi connectivity index (χ3v) is 4.95. The zero-order chi connectivity index (χ0) is 17.5. The van der Waals surface area contributed by atoms with E-state index in [0.29, 0.717) is 0 Å². The van der Waals surface area contributed by atoms with Crippen LogP contribution in [0.2, 0.25) is 0 Å². The first-order valence-corrected chi connectivity index (χ1v) is 9.45. The van der Waals surface area contributed by atoms with Gasteiger partial charge in [-0.25, -0.2) is 9.97 Å². The van der Waals surface area contributed by atoms with Gasteiger partial charge in [-0.2, -0.15) is 0 Å². The van der Waals surface area contributed by atoms with Crippen LogP contribution in [-0.2, 0) is 6.54 Å². The van der Waals surface area contributed by atoms with Crippen molar-refractivity contribution < 1.29 is 0 Å². The smallest absolute Gasteiger partial charge is 0.225 e. The van der Waals surface area contributed by atoms with Crippen LogP contribution < -0.4 is 10.2 Å². The summed E-state index contributed by atoms with van der Waals surface area (Å²) in [5, 5.41) is 3.54. The van der Waals surface area contributed by atoms with Crippen LogP contribution in [0.4, 0.5) is 5.95 Å². The number of nitrogens with one attached hydrogen (secondary N) is 1. The molecule has 0 radical (unpaired) electrons. The molecule has 2 aromatic heterocycles. The second kappa shape index (κ2) is 8.90. The van der Waals surface area contributed by atoms with E-state index in [-0.39, 0.29) is 6.04 Å². The molecule has 2 aromatic rings. The summed E-state index contributed by atoms with van der Waals surface area (Å²) in [6.45, 7) is 7.20. The van der Waals surface area contributed by atoms with E-state index < -0.39 is 0 Å². The highest BCUT2D eigenvalue weighted by Gasteiger charge is 2.15. The molecule has 1 aliphatic rings. The average Bonchev–Trinajstić information content (AvgIpc) is 2.60. The molecule has 25 heavy (non-hydrogen) atoms. The number of aryl methyl sites for hydroxylation is 1. The van der Waals surface area contributed by atoms with E-state index in [1.807, 2.05) is 18.5 Å². The van der Waals surface area contributed by atoms with Crippen LogP contribution in [0.3, 0.4) is 0 Å². The predicted molar refractivity (Wildman–Crippen MR) is 102 cm³/mol. The maximum absolute atomic E-state index is 4.81. The molecule has 0 aliphatic carbocycles. The summed E-state index contributed by atoms with van der Waals surface area (Å²) in [5.74, 6) is 0.891. The molecular weight excluding hydrogens is 310 g/mol. The largest absolute Gasteiger partial charge is 0.341 e. The van der Waals surface area contributed by atoms with Crippen LogP contribution in [0.5, 0.6) is 0 Å². The summed E-state index contributed by atoms with van der Waals surface area (Å²) in [6.07, 6.45) is 12.2. The van der Waals surface area contributed by atoms with Crippen molar-refractivity contribution in [1.29, 1.82) is 0 Å². The van der Waals surface area contributed by atoms with Crippen molar-refractivity contribution in [2.24, 2.45) is 0 Å². The van der Waals surface area contributed by atoms with Crippen molar-refractivity contribution in [2.75, 3.05) is 18.0 Å². The minimum Gasteiger partial charge on any atom is -0.341 e. The lowest BCUT2D eigenvalue weighted by molar-refractivity contribution is 0.546. The summed E-state index contributed by atoms with van der Waals surface area (Å²) >= 11 is 0. The minimum atomic E-state index is 0.210. The lowest BCUT2D eigenvalue weighted by Crippen LogP contribution is -2.29. The van der Waals surface area contributed by atoms with Gasteiger partial charge in [-0.15, -0.1) is 0 Å². The molecule has 134 valence electrons. The molecule has 0 amide bonds. The highest BCUT2D eigenvalue weighted by molar-refractivity contribution is 5.34. The van der Waals surface area contributed by atoms with Gasteiger partial charge in [-0.1, -0.05) is 25.3 Å². The van der Waals surface area contributed by atoms with Crippen LogP contribution in [0.15, 0.2) is 30.7 Å². The van der Waals surface area contributed by atoms with Gasteiger partial charge in [-0.05, 0) is 38.3 Å². The Kier molecular flexibility index (Phi) is 6.34. The number of rotatable bonds is 5. The number of aromatic nitrogens is 3.